The van der Waals surface area contributed by atoms with Crippen LogP contribution in [-0.4, -0.2) is 73.6 Å². The third-order valence-corrected chi connectivity index (χ3v) is 7.07. The van der Waals surface area contributed by atoms with Gasteiger partial charge in [0.05, 0.1) is 19.8 Å². The van der Waals surface area contributed by atoms with Crippen molar-refractivity contribution in [3.63, 3.8) is 0 Å². The fraction of sp³-hybridized carbons (Fsp3) is 0.538. The molecule has 3 heterocycles. The number of anilines is 2. The van der Waals surface area contributed by atoms with E-state index in [1.54, 1.807) is 0 Å². The third-order valence-electron chi connectivity index (χ3n) is 7.07. The molecule has 0 bridgehead atoms. The first-order valence-corrected chi connectivity index (χ1v) is 12.4. The van der Waals surface area contributed by atoms with E-state index in [1.807, 2.05) is 29.2 Å². The summed E-state index contributed by atoms with van der Waals surface area (Å²) in [5.41, 5.74) is 3.86. The average molecular weight is 467 g/mol. The molecule has 1 saturated carbocycles. The number of nitrogens with one attached hydrogen (secondary N) is 1. The molecule has 34 heavy (non-hydrogen) atoms. The number of ether oxygens (including phenoxy) is 2. The minimum absolute atomic E-state index is 0.0198. The standard InChI is InChI=1S/C26H34N4O4/c1-18-2-5-22(27-26(32)30-7-6-20(17-30)19-3-4-19)16-23(18)21-14-24(29-8-11-33-12-9-29)28-25(15-21)34-13-10-31/h2,5,14-16,19-20,31H,3-4,6-13,17H2,1H3,(H,27,32)/t20-/m0/s1. The number of morpholine rings is 1. The first-order valence-electron chi connectivity index (χ1n) is 12.4. The predicted octanol–water partition coefficient (Wildman–Crippen LogP) is 3.53. The Morgan fingerprint density at radius 3 is 2.74 bits per heavy atom. The molecular formula is C26H34N4O4. The molecule has 1 aliphatic carbocycles. The van der Waals surface area contributed by atoms with Crippen molar-refractivity contribution in [2.75, 3.05) is 62.8 Å². The van der Waals surface area contributed by atoms with Crippen molar-refractivity contribution in [2.24, 2.45) is 11.8 Å². The van der Waals surface area contributed by atoms with Crippen LogP contribution in [0.15, 0.2) is 30.3 Å². The molecule has 2 aromatic rings. The number of rotatable bonds is 7. The van der Waals surface area contributed by atoms with Gasteiger partial charge >= 0.3 is 6.03 Å². The van der Waals surface area contributed by atoms with Crippen molar-refractivity contribution < 1.29 is 19.4 Å². The van der Waals surface area contributed by atoms with Crippen LogP contribution in [0.5, 0.6) is 5.88 Å². The molecule has 0 spiro atoms. The van der Waals surface area contributed by atoms with Gasteiger partial charge in [0.25, 0.3) is 0 Å². The Bertz CT molecular complexity index is 1020. The summed E-state index contributed by atoms with van der Waals surface area (Å²) >= 11 is 0. The Morgan fingerprint density at radius 1 is 1.15 bits per heavy atom. The van der Waals surface area contributed by atoms with E-state index in [0.717, 1.165) is 66.7 Å². The Kier molecular flexibility index (Phi) is 6.87. The number of hydrogen-bond acceptors (Lipinski definition) is 6. The number of aromatic nitrogens is 1. The van der Waals surface area contributed by atoms with Gasteiger partial charge in [0.1, 0.15) is 12.4 Å². The summed E-state index contributed by atoms with van der Waals surface area (Å²) in [6, 6.07) is 9.95. The van der Waals surface area contributed by atoms with Gasteiger partial charge in [-0.2, -0.15) is 4.98 Å². The van der Waals surface area contributed by atoms with E-state index in [9.17, 15) is 9.90 Å². The van der Waals surface area contributed by atoms with Crippen LogP contribution in [0.2, 0.25) is 0 Å². The molecular weight excluding hydrogens is 432 g/mol. The van der Waals surface area contributed by atoms with Gasteiger partial charge in [-0.3, -0.25) is 0 Å². The van der Waals surface area contributed by atoms with Crippen LogP contribution < -0.4 is 15.0 Å². The number of urea groups is 1. The van der Waals surface area contributed by atoms with E-state index >= 15 is 0 Å². The molecule has 2 N–H and O–H groups in total. The third kappa shape index (κ3) is 5.28. The highest BCUT2D eigenvalue weighted by Crippen LogP contribution is 2.41. The van der Waals surface area contributed by atoms with Crippen LogP contribution in [0.3, 0.4) is 0 Å². The quantitative estimate of drug-likeness (QED) is 0.649. The van der Waals surface area contributed by atoms with Gasteiger partial charge in [0, 0.05) is 37.9 Å². The number of benzene rings is 1. The van der Waals surface area contributed by atoms with E-state index in [0.29, 0.717) is 25.0 Å². The van der Waals surface area contributed by atoms with Crippen LogP contribution in [0.1, 0.15) is 24.8 Å². The topological polar surface area (TPSA) is 87.2 Å². The summed E-state index contributed by atoms with van der Waals surface area (Å²) in [6.45, 7) is 6.74. The molecule has 1 aromatic heterocycles. The summed E-state index contributed by atoms with van der Waals surface area (Å²) < 4.78 is 11.2. The molecule has 1 aromatic carbocycles. The molecule has 3 fully saturated rings. The van der Waals surface area contributed by atoms with Gasteiger partial charge in [-0.15, -0.1) is 0 Å². The SMILES string of the molecule is Cc1ccc(NC(=O)N2CC[C@H](C3CC3)C2)cc1-c1cc(OCCO)nc(N2CCOCC2)c1. The molecule has 0 radical (unpaired) electrons. The zero-order valence-corrected chi connectivity index (χ0v) is 19.8. The predicted molar refractivity (Wildman–Crippen MR) is 131 cm³/mol. The van der Waals surface area contributed by atoms with Crippen LogP contribution in [0, 0.1) is 18.8 Å². The highest BCUT2D eigenvalue weighted by molar-refractivity contribution is 5.90. The van der Waals surface area contributed by atoms with Gasteiger partial charge in [-0.05, 0) is 72.9 Å². The molecule has 8 heteroatoms. The number of likely N-dealkylation sites (tertiary alicyclic amines) is 1. The second kappa shape index (κ2) is 10.2. The van der Waals surface area contributed by atoms with Crippen LogP contribution in [0.4, 0.5) is 16.3 Å². The van der Waals surface area contributed by atoms with Gasteiger partial charge in [0.15, 0.2) is 0 Å². The lowest BCUT2D eigenvalue weighted by atomic mass is 10.0. The molecule has 182 valence electrons. The fourth-order valence-electron chi connectivity index (χ4n) is 4.96. The maximum absolute atomic E-state index is 12.9. The lowest BCUT2D eigenvalue weighted by Crippen LogP contribution is -2.36. The van der Waals surface area contributed by atoms with Crippen LogP contribution in [0.25, 0.3) is 11.1 Å². The summed E-state index contributed by atoms with van der Waals surface area (Å²) in [6.07, 6.45) is 3.77. The summed E-state index contributed by atoms with van der Waals surface area (Å²) in [4.78, 5) is 21.7. The second-order valence-corrected chi connectivity index (χ2v) is 9.52. The summed E-state index contributed by atoms with van der Waals surface area (Å²) in [5, 5.41) is 12.3. The highest BCUT2D eigenvalue weighted by atomic mass is 16.5. The number of carbonyl (C=O) groups is 1. The number of carbonyl (C=O) groups excluding carboxylic acids is 1. The van der Waals surface area contributed by atoms with Crippen molar-refractivity contribution in [2.45, 2.75) is 26.2 Å². The van der Waals surface area contributed by atoms with Crippen molar-refractivity contribution in [1.29, 1.82) is 0 Å². The largest absolute Gasteiger partial charge is 0.475 e. The average Bonchev–Trinajstić information content (AvgIpc) is 3.60. The molecule has 2 aliphatic heterocycles. The van der Waals surface area contributed by atoms with Gasteiger partial charge in [-0.1, -0.05) is 6.07 Å². The number of aryl methyl sites for hydroxylation is 1. The lowest BCUT2D eigenvalue weighted by molar-refractivity contribution is 0.122. The Hall–Kier alpha value is -2.84. The number of amides is 2. The molecule has 5 rings (SSSR count). The number of aliphatic hydroxyl groups excluding tert-OH is 1. The molecule has 3 aliphatic rings. The van der Waals surface area contributed by atoms with Gasteiger partial charge in [-0.25, -0.2) is 4.79 Å². The highest BCUT2D eigenvalue weighted by Gasteiger charge is 2.37. The molecule has 2 saturated heterocycles. The fourth-order valence-corrected chi connectivity index (χ4v) is 4.96. The van der Waals surface area contributed by atoms with Crippen molar-refractivity contribution in [3.8, 4) is 17.0 Å². The lowest BCUT2D eigenvalue weighted by Gasteiger charge is -2.28. The first-order chi connectivity index (χ1) is 16.6. The zero-order valence-electron chi connectivity index (χ0n) is 19.8. The van der Waals surface area contributed by atoms with Crippen LogP contribution in [-0.2, 0) is 4.74 Å². The minimum atomic E-state index is -0.0720. The molecule has 0 unspecified atom stereocenters. The Balaban J connectivity index is 1.37. The minimum Gasteiger partial charge on any atom is -0.475 e. The summed E-state index contributed by atoms with van der Waals surface area (Å²) in [5.74, 6) is 2.81. The molecule has 1 atom stereocenters. The van der Waals surface area contributed by atoms with E-state index in [2.05, 4.69) is 28.2 Å². The number of hydrogen-bond donors (Lipinski definition) is 2. The maximum Gasteiger partial charge on any atom is 0.321 e. The van der Waals surface area contributed by atoms with Gasteiger partial charge in [0.2, 0.25) is 5.88 Å². The number of aliphatic hydroxyl groups is 1. The molecule has 8 nitrogen and oxygen atoms in total. The zero-order chi connectivity index (χ0) is 23.5. The second-order valence-electron chi connectivity index (χ2n) is 9.52. The number of pyridine rings is 1. The van der Waals surface area contributed by atoms with E-state index < -0.39 is 0 Å². The summed E-state index contributed by atoms with van der Waals surface area (Å²) in [7, 11) is 0. The normalized spacial score (nSPS) is 20.5. The Labute approximate surface area is 200 Å². The van der Waals surface area contributed by atoms with Gasteiger partial charge < -0.3 is 29.7 Å². The van der Waals surface area contributed by atoms with Crippen molar-refractivity contribution >= 4 is 17.5 Å². The van der Waals surface area contributed by atoms with E-state index in [-0.39, 0.29) is 19.2 Å². The maximum atomic E-state index is 12.9. The van der Waals surface area contributed by atoms with E-state index in [1.165, 1.54) is 12.8 Å². The Morgan fingerprint density at radius 2 is 1.97 bits per heavy atom. The first kappa shape index (κ1) is 22.9. The van der Waals surface area contributed by atoms with Crippen molar-refractivity contribution in [1.82, 2.24) is 9.88 Å². The van der Waals surface area contributed by atoms with Crippen molar-refractivity contribution in [3.05, 3.63) is 35.9 Å². The van der Waals surface area contributed by atoms with Crippen LogP contribution >= 0.6 is 0 Å². The smallest absolute Gasteiger partial charge is 0.321 e. The number of nitrogens with zero attached hydrogens (tertiary/aromatic N) is 3. The monoisotopic (exact) mass is 466 g/mol. The molecule has 2 amide bonds. The van der Waals surface area contributed by atoms with E-state index in [4.69, 9.17) is 9.47 Å².